The summed E-state index contributed by atoms with van der Waals surface area (Å²) in [4.78, 5) is 22.2. The third kappa shape index (κ3) is 3.04. The van der Waals surface area contributed by atoms with Gasteiger partial charge in [0.15, 0.2) is 0 Å². The summed E-state index contributed by atoms with van der Waals surface area (Å²) in [5.74, 6) is -1.03. The van der Waals surface area contributed by atoms with Gasteiger partial charge in [-0.1, -0.05) is 0 Å². The second-order valence-corrected chi connectivity index (χ2v) is 4.00. The zero-order valence-electron chi connectivity index (χ0n) is 9.22. The van der Waals surface area contributed by atoms with Crippen LogP contribution >= 0.6 is 0 Å². The number of rotatable bonds is 4. The van der Waals surface area contributed by atoms with Gasteiger partial charge in [-0.05, 0) is 13.0 Å². The highest BCUT2D eigenvalue weighted by atomic mass is 16.4. The highest BCUT2D eigenvalue weighted by molar-refractivity contribution is 5.92. The Labute approximate surface area is 97.8 Å². The molecular formula is C10H14N4O3. The second-order valence-electron chi connectivity index (χ2n) is 4.00. The Hall–Kier alpha value is -1.89. The van der Waals surface area contributed by atoms with Crippen molar-refractivity contribution in [2.75, 3.05) is 18.4 Å². The first-order valence-corrected chi connectivity index (χ1v) is 5.41. The molecule has 3 N–H and O–H groups in total. The van der Waals surface area contributed by atoms with E-state index in [0.29, 0.717) is 12.2 Å². The molecule has 1 aromatic rings. The fourth-order valence-corrected chi connectivity index (χ4v) is 1.78. The number of carbonyl (C=O) groups is 2. The Morgan fingerprint density at radius 1 is 1.65 bits per heavy atom. The molecule has 0 saturated carbocycles. The van der Waals surface area contributed by atoms with Gasteiger partial charge in [-0.3, -0.25) is 14.3 Å². The maximum Gasteiger partial charge on any atom is 0.325 e. The minimum Gasteiger partial charge on any atom is -0.480 e. The lowest BCUT2D eigenvalue weighted by molar-refractivity contribution is -0.137. The quantitative estimate of drug-likeness (QED) is 0.658. The van der Waals surface area contributed by atoms with Gasteiger partial charge in [-0.25, -0.2) is 0 Å². The van der Waals surface area contributed by atoms with E-state index in [2.05, 4.69) is 15.7 Å². The van der Waals surface area contributed by atoms with Gasteiger partial charge < -0.3 is 15.7 Å². The van der Waals surface area contributed by atoms with Crippen LogP contribution < -0.4 is 10.6 Å². The predicted molar refractivity (Wildman–Crippen MR) is 59.5 cm³/mol. The number of hydrogen-bond acceptors (Lipinski definition) is 4. The van der Waals surface area contributed by atoms with Crippen LogP contribution in [0, 0.1) is 5.92 Å². The lowest BCUT2D eigenvalue weighted by Crippen LogP contribution is -2.24. The van der Waals surface area contributed by atoms with Crippen LogP contribution in [0.15, 0.2) is 12.4 Å². The molecule has 2 heterocycles. The normalized spacial score (nSPS) is 19.2. The van der Waals surface area contributed by atoms with Gasteiger partial charge in [-0.15, -0.1) is 0 Å². The molecule has 1 aromatic heterocycles. The first-order chi connectivity index (χ1) is 8.15. The van der Waals surface area contributed by atoms with Crippen molar-refractivity contribution in [2.45, 2.75) is 13.0 Å². The summed E-state index contributed by atoms with van der Waals surface area (Å²) < 4.78 is 1.27. The van der Waals surface area contributed by atoms with E-state index in [-0.39, 0.29) is 18.4 Å². The number of hydrogen-bond donors (Lipinski definition) is 3. The Kier molecular flexibility index (Phi) is 3.38. The number of anilines is 1. The van der Waals surface area contributed by atoms with Crippen molar-refractivity contribution in [1.82, 2.24) is 15.1 Å². The van der Waals surface area contributed by atoms with Crippen molar-refractivity contribution in [3.05, 3.63) is 12.4 Å². The number of aromatic nitrogens is 2. The Balaban J connectivity index is 1.91. The van der Waals surface area contributed by atoms with Crippen molar-refractivity contribution in [1.29, 1.82) is 0 Å². The summed E-state index contributed by atoms with van der Waals surface area (Å²) in [6.07, 6.45) is 3.78. The number of nitrogens with one attached hydrogen (secondary N) is 2. The molecule has 0 radical (unpaired) electrons. The molecular weight excluding hydrogens is 224 g/mol. The van der Waals surface area contributed by atoms with E-state index < -0.39 is 5.97 Å². The van der Waals surface area contributed by atoms with Crippen LogP contribution in [0.3, 0.4) is 0 Å². The summed E-state index contributed by atoms with van der Waals surface area (Å²) in [6, 6.07) is 0. The number of amides is 1. The summed E-state index contributed by atoms with van der Waals surface area (Å²) in [5, 5.41) is 18.2. The van der Waals surface area contributed by atoms with Crippen molar-refractivity contribution in [3.63, 3.8) is 0 Å². The summed E-state index contributed by atoms with van der Waals surface area (Å²) in [7, 11) is 0. The number of carboxylic acid groups (broad SMARTS) is 1. The smallest absolute Gasteiger partial charge is 0.325 e. The Morgan fingerprint density at radius 2 is 2.47 bits per heavy atom. The van der Waals surface area contributed by atoms with Crippen LogP contribution in [0.4, 0.5) is 5.69 Å². The van der Waals surface area contributed by atoms with Crippen LogP contribution in [0.2, 0.25) is 0 Å². The zero-order chi connectivity index (χ0) is 12.3. The average Bonchev–Trinajstić information content (AvgIpc) is 2.87. The molecule has 1 fully saturated rings. The molecule has 0 aromatic carbocycles. The maximum atomic E-state index is 11.7. The molecule has 1 saturated heterocycles. The third-order valence-electron chi connectivity index (χ3n) is 2.63. The van der Waals surface area contributed by atoms with Crippen molar-refractivity contribution in [3.8, 4) is 0 Å². The van der Waals surface area contributed by atoms with Crippen molar-refractivity contribution >= 4 is 17.6 Å². The van der Waals surface area contributed by atoms with Gasteiger partial charge in [0, 0.05) is 12.7 Å². The molecule has 17 heavy (non-hydrogen) atoms. The van der Waals surface area contributed by atoms with Crippen LogP contribution in [-0.2, 0) is 16.1 Å². The van der Waals surface area contributed by atoms with Gasteiger partial charge in [0.1, 0.15) is 6.54 Å². The molecule has 1 unspecified atom stereocenters. The van der Waals surface area contributed by atoms with Gasteiger partial charge in [0.25, 0.3) is 0 Å². The summed E-state index contributed by atoms with van der Waals surface area (Å²) in [6.45, 7) is 1.34. The fraction of sp³-hybridized carbons (Fsp3) is 0.500. The molecule has 1 aliphatic heterocycles. The van der Waals surface area contributed by atoms with E-state index in [9.17, 15) is 9.59 Å². The first-order valence-electron chi connectivity index (χ1n) is 5.41. The highest BCUT2D eigenvalue weighted by Gasteiger charge is 2.22. The summed E-state index contributed by atoms with van der Waals surface area (Å²) in [5.41, 5.74) is 0.531. The van der Waals surface area contributed by atoms with E-state index >= 15 is 0 Å². The van der Waals surface area contributed by atoms with E-state index in [4.69, 9.17) is 5.11 Å². The number of nitrogens with zero attached hydrogens (tertiary/aromatic N) is 2. The fourth-order valence-electron chi connectivity index (χ4n) is 1.78. The standard InChI is InChI=1S/C10H14N4O3/c15-9(16)6-14-5-8(4-12-14)13-10(17)7-1-2-11-3-7/h4-5,7,11H,1-3,6H2,(H,13,17)(H,15,16). The third-order valence-corrected chi connectivity index (χ3v) is 2.63. The van der Waals surface area contributed by atoms with Crippen LogP contribution in [0.25, 0.3) is 0 Å². The molecule has 92 valence electrons. The Bertz CT molecular complexity index is 423. The number of carbonyl (C=O) groups excluding carboxylic acids is 1. The predicted octanol–water partition coefficient (Wildman–Crippen LogP) is -0.484. The molecule has 1 aliphatic rings. The lowest BCUT2D eigenvalue weighted by Gasteiger charge is -2.07. The summed E-state index contributed by atoms with van der Waals surface area (Å²) >= 11 is 0. The van der Waals surface area contributed by atoms with Gasteiger partial charge in [0.05, 0.1) is 17.8 Å². The second kappa shape index (κ2) is 4.96. The number of carboxylic acids is 1. The van der Waals surface area contributed by atoms with E-state index in [1.165, 1.54) is 17.1 Å². The molecule has 7 nitrogen and oxygen atoms in total. The maximum absolute atomic E-state index is 11.7. The molecule has 0 spiro atoms. The molecule has 1 amide bonds. The molecule has 0 aliphatic carbocycles. The largest absolute Gasteiger partial charge is 0.480 e. The zero-order valence-corrected chi connectivity index (χ0v) is 9.22. The van der Waals surface area contributed by atoms with Gasteiger partial charge in [0.2, 0.25) is 5.91 Å². The van der Waals surface area contributed by atoms with Crippen LogP contribution in [0.1, 0.15) is 6.42 Å². The van der Waals surface area contributed by atoms with Crippen molar-refractivity contribution < 1.29 is 14.7 Å². The first kappa shape index (κ1) is 11.6. The monoisotopic (exact) mass is 238 g/mol. The Morgan fingerprint density at radius 3 is 3.12 bits per heavy atom. The molecule has 1 atom stereocenters. The molecule has 7 heteroatoms. The van der Waals surface area contributed by atoms with E-state index in [1.807, 2.05) is 0 Å². The van der Waals surface area contributed by atoms with Gasteiger partial charge >= 0.3 is 5.97 Å². The topological polar surface area (TPSA) is 96.2 Å². The highest BCUT2D eigenvalue weighted by Crippen LogP contribution is 2.12. The van der Waals surface area contributed by atoms with E-state index in [1.54, 1.807) is 0 Å². The SMILES string of the molecule is O=C(O)Cn1cc(NC(=O)C2CCNC2)cn1. The molecule has 0 bridgehead atoms. The van der Waals surface area contributed by atoms with Crippen LogP contribution in [0.5, 0.6) is 0 Å². The lowest BCUT2D eigenvalue weighted by atomic mass is 10.1. The number of aliphatic carboxylic acids is 1. The van der Waals surface area contributed by atoms with Crippen LogP contribution in [-0.4, -0.2) is 39.9 Å². The minimum absolute atomic E-state index is 0.0159. The van der Waals surface area contributed by atoms with Gasteiger partial charge in [-0.2, -0.15) is 5.10 Å². The van der Waals surface area contributed by atoms with Crippen molar-refractivity contribution in [2.24, 2.45) is 5.92 Å². The average molecular weight is 238 g/mol. The molecule has 2 rings (SSSR count). The van der Waals surface area contributed by atoms with E-state index in [0.717, 1.165) is 13.0 Å². The minimum atomic E-state index is -0.967.